The first-order valence-electron chi connectivity index (χ1n) is 7.89. The number of anilines is 1. The SMILES string of the molecule is CCCCOc1ccc(S(=O)(=O)Nc2cc(C)cc(C)c2O)cc1. The van der Waals surface area contributed by atoms with E-state index in [1.165, 1.54) is 12.1 Å². The number of hydrogen-bond acceptors (Lipinski definition) is 4. The Labute approximate surface area is 143 Å². The van der Waals surface area contributed by atoms with Crippen molar-refractivity contribution in [1.29, 1.82) is 0 Å². The van der Waals surface area contributed by atoms with Crippen LogP contribution in [0.4, 0.5) is 5.69 Å². The molecule has 0 bridgehead atoms. The number of ether oxygens (including phenoxy) is 1. The summed E-state index contributed by atoms with van der Waals surface area (Å²) in [6.45, 7) is 6.25. The number of aromatic hydroxyl groups is 1. The van der Waals surface area contributed by atoms with E-state index in [0.717, 1.165) is 18.4 Å². The molecule has 0 saturated carbocycles. The van der Waals surface area contributed by atoms with Crippen molar-refractivity contribution >= 4 is 15.7 Å². The van der Waals surface area contributed by atoms with Crippen molar-refractivity contribution in [3.05, 3.63) is 47.5 Å². The van der Waals surface area contributed by atoms with E-state index >= 15 is 0 Å². The normalized spacial score (nSPS) is 11.3. The van der Waals surface area contributed by atoms with E-state index in [1.807, 2.05) is 6.92 Å². The van der Waals surface area contributed by atoms with E-state index in [-0.39, 0.29) is 16.3 Å². The molecule has 130 valence electrons. The Kier molecular flexibility index (Phi) is 5.72. The number of nitrogens with one attached hydrogen (secondary N) is 1. The van der Waals surface area contributed by atoms with Crippen LogP contribution in [0.1, 0.15) is 30.9 Å². The zero-order valence-corrected chi connectivity index (χ0v) is 15.0. The van der Waals surface area contributed by atoms with Gasteiger partial charge in [0, 0.05) is 0 Å². The van der Waals surface area contributed by atoms with Gasteiger partial charge in [0.05, 0.1) is 17.2 Å². The molecule has 0 fully saturated rings. The van der Waals surface area contributed by atoms with Gasteiger partial charge in [-0.2, -0.15) is 0 Å². The fraction of sp³-hybridized carbons (Fsp3) is 0.333. The summed E-state index contributed by atoms with van der Waals surface area (Å²) in [5.74, 6) is 0.570. The molecule has 0 unspecified atom stereocenters. The zero-order valence-electron chi connectivity index (χ0n) is 14.2. The third-order valence-corrected chi connectivity index (χ3v) is 4.97. The van der Waals surface area contributed by atoms with Crippen LogP contribution in [0.2, 0.25) is 0 Å². The molecular formula is C18H23NO4S. The Morgan fingerprint density at radius 2 is 1.79 bits per heavy atom. The number of unbranched alkanes of at least 4 members (excludes halogenated alkanes) is 1. The monoisotopic (exact) mass is 349 g/mol. The van der Waals surface area contributed by atoms with E-state index in [9.17, 15) is 13.5 Å². The quantitative estimate of drug-likeness (QED) is 0.585. The van der Waals surface area contributed by atoms with Gasteiger partial charge in [-0.25, -0.2) is 8.42 Å². The van der Waals surface area contributed by atoms with Gasteiger partial charge in [-0.3, -0.25) is 4.72 Å². The predicted octanol–water partition coefficient (Wildman–Crippen LogP) is 3.99. The van der Waals surface area contributed by atoms with Crippen molar-refractivity contribution in [2.75, 3.05) is 11.3 Å². The van der Waals surface area contributed by atoms with Crippen LogP contribution in [-0.4, -0.2) is 20.1 Å². The van der Waals surface area contributed by atoms with Crippen LogP contribution in [0.3, 0.4) is 0 Å². The summed E-state index contributed by atoms with van der Waals surface area (Å²) >= 11 is 0. The van der Waals surface area contributed by atoms with Gasteiger partial charge in [0.1, 0.15) is 11.5 Å². The minimum absolute atomic E-state index is 0.0660. The molecule has 0 atom stereocenters. The lowest BCUT2D eigenvalue weighted by Gasteiger charge is -2.13. The Morgan fingerprint density at radius 1 is 1.12 bits per heavy atom. The molecule has 2 rings (SSSR count). The minimum atomic E-state index is -3.78. The van der Waals surface area contributed by atoms with Crippen molar-refractivity contribution in [1.82, 2.24) is 0 Å². The predicted molar refractivity (Wildman–Crippen MR) is 95.2 cm³/mol. The van der Waals surface area contributed by atoms with E-state index in [2.05, 4.69) is 11.6 Å². The van der Waals surface area contributed by atoms with Gasteiger partial charge in [-0.05, 0) is 61.7 Å². The fourth-order valence-corrected chi connectivity index (χ4v) is 3.35. The summed E-state index contributed by atoms with van der Waals surface area (Å²) in [5, 5.41) is 10.0. The lowest BCUT2D eigenvalue weighted by molar-refractivity contribution is 0.309. The molecule has 6 heteroatoms. The summed E-state index contributed by atoms with van der Waals surface area (Å²) in [5.41, 5.74) is 1.66. The highest BCUT2D eigenvalue weighted by molar-refractivity contribution is 7.92. The highest BCUT2D eigenvalue weighted by Crippen LogP contribution is 2.30. The van der Waals surface area contributed by atoms with E-state index in [4.69, 9.17) is 4.74 Å². The maximum absolute atomic E-state index is 12.5. The second-order valence-electron chi connectivity index (χ2n) is 5.76. The van der Waals surface area contributed by atoms with E-state index in [0.29, 0.717) is 17.9 Å². The molecule has 24 heavy (non-hydrogen) atoms. The number of sulfonamides is 1. The number of benzene rings is 2. The van der Waals surface area contributed by atoms with Gasteiger partial charge in [0.2, 0.25) is 0 Å². The number of hydrogen-bond donors (Lipinski definition) is 2. The molecule has 0 amide bonds. The van der Waals surface area contributed by atoms with Gasteiger partial charge in [-0.15, -0.1) is 0 Å². The van der Waals surface area contributed by atoms with Crippen LogP contribution in [0.25, 0.3) is 0 Å². The van der Waals surface area contributed by atoms with Crippen molar-refractivity contribution in [2.24, 2.45) is 0 Å². The Morgan fingerprint density at radius 3 is 2.42 bits per heavy atom. The first kappa shape index (κ1) is 18.1. The second-order valence-corrected chi connectivity index (χ2v) is 7.44. The average Bonchev–Trinajstić information content (AvgIpc) is 2.52. The van der Waals surface area contributed by atoms with Crippen LogP contribution in [0, 0.1) is 13.8 Å². The molecule has 0 aliphatic heterocycles. The fourth-order valence-electron chi connectivity index (χ4n) is 2.29. The van der Waals surface area contributed by atoms with Crippen molar-refractivity contribution in [2.45, 2.75) is 38.5 Å². The maximum Gasteiger partial charge on any atom is 0.262 e. The van der Waals surface area contributed by atoms with Gasteiger partial charge < -0.3 is 9.84 Å². The van der Waals surface area contributed by atoms with Gasteiger partial charge in [0.25, 0.3) is 10.0 Å². The van der Waals surface area contributed by atoms with Crippen LogP contribution >= 0.6 is 0 Å². The molecule has 0 radical (unpaired) electrons. The van der Waals surface area contributed by atoms with Crippen LogP contribution in [0.15, 0.2) is 41.3 Å². The van der Waals surface area contributed by atoms with Crippen molar-refractivity contribution < 1.29 is 18.3 Å². The lowest BCUT2D eigenvalue weighted by atomic mass is 10.1. The molecule has 0 saturated heterocycles. The smallest absolute Gasteiger partial charge is 0.262 e. The number of phenolic OH excluding ortho intramolecular Hbond substituents is 1. The number of phenols is 1. The Hall–Kier alpha value is -2.21. The largest absolute Gasteiger partial charge is 0.505 e. The van der Waals surface area contributed by atoms with Crippen LogP contribution < -0.4 is 9.46 Å². The highest BCUT2D eigenvalue weighted by Gasteiger charge is 2.17. The third-order valence-electron chi connectivity index (χ3n) is 3.59. The zero-order chi connectivity index (χ0) is 17.7. The van der Waals surface area contributed by atoms with E-state index in [1.54, 1.807) is 31.2 Å². The molecule has 2 aromatic rings. The van der Waals surface area contributed by atoms with Crippen molar-refractivity contribution in [3.8, 4) is 11.5 Å². The molecule has 2 aromatic carbocycles. The lowest BCUT2D eigenvalue weighted by Crippen LogP contribution is -2.13. The van der Waals surface area contributed by atoms with Crippen LogP contribution in [-0.2, 0) is 10.0 Å². The number of aryl methyl sites for hydroxylation is 2. The summed E-state index contributed by atoms with van der Waals surface area (Å²) in [4.78, 5) is 0.115. The summed E-state index contributed by atoms with van der Waals surface area (Å²) < 4.78 is 32.9. The topological polar surface area (TPSA) is 75.6 Å². The van der Waals surface area contributed by atoms with Gasteiger partial charge in [-0.1, -0.05) is 19.4 Å². The first-order valence-corrected chi connectivity index (χ1v) is 9.37. The summed E-state index contributed by atoms with van der Waals surface area (Å²) in [6, 6.07) is 9.63. The third kappa shape index (κ3) is 4.41. The molecule has 0 aromatic heterocycles. The molecule has 0 spiro atoms. The molecule has 5 nitrogen and oxygen atoms in total. The molecule has 0 aliphatic carbocycles. The maximum atomic E-state index is 12.5. The minimum Gasteiger partial charge on any atom is -0.505 e. The Balaban J connectivity index is 2.19. The Bertz CT molecular complexity index is 799. The summed E-state index contributed by atoms with van der Waals surface area (Å²) in [6.07, 6.45) is 1.99. The standard InChI is InChI=1S/C18H23NO4S/c1-4-5-10-23-15-6-8-16(9-7-15)24(21,22)19-17-12-13(2)11-14(3)18(17)20/h6-9,11-12,19-20H,4-5,10H2,1-3H3. The van der Waals surface area contributed by atoms with Gasteiger partial charge >= 0.3 is 0 Å². The average molecular weight is 349 g/mol. The number of rotatable bonds is 7. The molecule has 2 N–H and O–H groups in total. The molecule has 0 heterocycles. The van der Waals surface area contributed by atoms with E-state index < -0.39 is 10.0 Å². The molecule has 0 aliphatic rings. The van der Waals surface area contributed by atoms with Crippen molar-refractivity contribution in [3.63, 3.8) is 0 Å². The molecular weight excluding hydrogens is 326 g/mol. The first-order chi connectivity index (χ1) is 11.3. The second kappa shape index (κ2) is 7.57. The van der Waals surface area contributed by atoms with Crippen LogP contribution in [0.5, 0.6) is 11.5 Å². The highest BCUT2D eigenvalue weighted by atomic mass is 32.2. The summed E-state index contributed by atoms with van der Waals surface area (Å²) in [7, 11) is -3.78. The van der Waals surface area contributed by atoms with Gasteiger partial charge in [0.15, 0.2) is 0 Å².